The van der Waals surface area contributed by atoms with E-state index in [9.17, 15) is 9.59 Å². The Kier molecular flexibility index (Phi) is 6.41. The lowest BCUT2D eigenvalue weighted by Crippen LogP contribution is -2.28. The van der Waals surface area contributed by atoms with Crippen LogP contribution in [0.15, 0.2) is 63.0 Å². The van der Waals surface area contributed by atoms with Crippen LogP contribution in [-0.4, -0.2) is 29.5 Å². The first kappa shape index (κ1) is 21.4. The number of pyridine rings is 1. The van der Waals surface area contributed by atoms with Crippen LogP contribution in [0.4, 0.5) is 11.5 Å². The molecule has 0 unspecified atom stereocenters. The Labute approximate surface area is 179 Å². The molecule has 0 radical (unpaired) electrons. The number of carbonyl (C=O) groups excluding carboxylic acids is 2. The van der Waals surface area contributed by atoms with Gasteiger partial charge in [-0.2, -0.15) is 0 Å². The van der Waals surface area contributed by atoms with Crippen molar-refractivity contribution in [2.24, 2.45) is 0 Å². The Balaban J connectivity index is 1.77. The minimum Gasteiger partial charge on any atom is -0.359 e. The maximum Gasteiger partial charge on any atom is 0.269 e. The van der Waals surface area contributed by atoms with Crippen molar-refractivity contribution in [3.63, 3.8) is 0 Å². The third kappa shape index (κ3) is 5.18. The first-order chi connectivity index (χ1) is 14.3. The fourth-order valence-electron chi connectivity index (χ4n) is 2.52. The summed E-state index contributed by atoms with van der Waals surface area (Å²) in [5, 5.41) is 7.87. The molecule has 2 amide bonds. The molecule has 0 spiro atoms. The van der Waals surface area contributed by atoms with E-state index in [0.717, 1.165) is 9.79 Å². The fraction of sp³-hybridized carbons (Fsp3) is 0.238. The van der Waals surface area contributed by atoms with Gasteiger partial charge >= 0.3 is 0 Å². The van der Waals surface area contributed by atoms with Crippen LogP contribution in [0.25, 0.3) is 0 Å². The van der Waals surface area contributed by atoms with Crippen LogP contribution >= 0.6 is 11.8 Å². The van der Waals surface area contributed by atoms with E-state index in [1.54, 1.807) is 31.4 Å². The van der Waals surface area contributed by atoms with Gasteiger partial charge in [0.05, 0.1) is 5.69 Å². The second kappa shape index (κ2) is 9.00. The molecule has 2 heterocycles. The van der Waals surface area contributed by atoms with Crippen molar-refractivity contribution in [3.8, 4) is 0 Å². The minimum absolute atomic E-state index is 0.187. The molecule has 0 aliphatic rings. The fourth-order valence-corrected chi connectivity index (χ4v) is 3.41. The molecule has 2 N–H and O–H groups in total. The highest BCUT2D eigenvalue weighted by Gasteiger charge is 2.20. The molecule has 0 saturated heterocycles. The Morgan fingerprint density at radius 1 is 1.17 bits per heavy atom. The van der Waals surface area contributed by atoms with Crippen molar-refractivity contribution < 1.29 is 14.1 Å². The highest BCUT2D eigenvalue weighted by molar-refractivity contribution is 7.99. The first-order valence-electron chi connectivity index (χ1n) is 9.24. The van der Waals surface area contributed by atoms with Crippen molar-refractivity contribution in [3.05, 3.63) is 60.1 Å². The number of rotatable bonds is 7. The van der Waals surface area contributed by atoms with Crippen LogP contribution in [0.1, 0.15) is 37.0 Å². The standard InChI is InChI=1S/C21H23N5O3S/c1-21(2,3)18-12-19(25-29-18)24-26(13-27)14-6-5-7-15(10-14)30-16-8-9-23-17(11-16)20(28)22-4/h5-13H,1-4H3,(H,22,28)(H,24,25). The van der Waals surface area contributed by atoms with Crippen molar-refractivity contribution in [2.45, 2.75) is 36.0 Å². The van der Waals surface area contributed by atoms with E-state index in [0.29, 0.717) is 29.4 Å². The van der Waals surface area contributed by atoms with Crippen LogP contribution in [0, 0.1) is 0 Å². The second-order valence-corrected chi connectivity index (χ2v) is 8.62. The average Bonchev–Trinajstić information content (AvgIpc) is 3.21. The van der Waals surface area contributed by atoms with Crippen LogP contribution in [0.2, 0.25) is 0 Å². The topological polar surface area (TPSA) is 100 Å². The largest absolute Gasteiger partial charge is 0.359 e. The van der Waals surface area contributed by atoms with E-state index >= 15 is 0 Å². The molecule has 1 aromatic carbocycles. The van der Waals surface area contributed by atoms with E-state index < -0.39 is 0 Å². The summed E-state index contributed by atoms with van der Waals surface area (Å²) in [6, 6.07) is 12.7. The van der Waals surface area contributed by atoms with Gasteiger partial charge in [-0.1, -0.05) is 43.8 Å². The molecule has 30 heavy (non-hydrogen) atoms. The molecule has 3 aromatic rings. The number of nitrogens with zero attached hydrogens (tertiary/aromatic N) is 3. The van der Waals surface area contributed by atoms with Gasteiger partial charge in [0, 0.05) is 34.5 Å². The van der Waals surface area contributed by atoms with E-state index in [2.05, 4.69) is 20.9 Å². The highest BCUT2D eigenvalue weighted by atomic mass is 32.2. The first-order valence-corrected chi connectivity index (χ1v) is 10.1. The van der Waals surface area contributed by atoms with E-state index in [1.165, 1.54) is 16.8 Å². The van der Waals surface area contributed by atoms with Gasteiger partial charge < -0.3 is 9.84 Å². The lowest BCUT2D eigenvalue weighted by molar-refractivity contribution is -0.107. The smallest absolute Gasteiger partial charge is 0.269 e. The molecule has 3 rings (SSSR count). The molecule has 156 valence electrons. The summed E-state index contributed by atoms with van der Waals surface area (Å²) in [6.45, 7) is 6.05. The summed E-state index contributed by atoms with van der Waals surface area (Å²) in [6.07, 6.45) is 2.26. The SMILES string of the molecule is CNC(=O)c1cc(Sc2cccc(N(C=O)Nc3cc(C(C)(C)C)on3)c2)ccn1. The minimum atomic E-state index is -0.246. The van der Waals surface area contributed by atoms with Crippen LogP contribution in [0.5, 0.6) is 0 Å². The number of amides is 2. The molecular formula is C21H23N5O3S. The molecule has 0 atom stereocenters. The third-order valence-corrected chi connectivity index (χ3v) is 5.09. The zero-order valence-corrected chi connectivity index (χ0v) is 18.0. The van der Waals surface area contributed by atoms with E-state index in [4.69, 9.17) is 4.52 Å². The van der Waals surface area contributed by atoms with Crippen LogP contribution in [-0.2, 0) is 10.2 Å². The van der Waals surface area contributed by atoms with Gasteiger partial charge in [-0.3, -0.25) is 20.0 Å². The molecular weight excluding hydrogens is 402 g/mol. The molecule has 0 fully saturated rings. The lowest BCUT2D eigenvalue weighted by atomic mass is 9.93. The highest BCUT2D eigenvalue weighted by Crippen LogP contribution is 2.31. The quantitative estimate of drug-likeness (QED) is 0.438. The summed E-state index contributed by atoms with van der Waals surface area (Å²) < 4.78 is 5.36. The molecule has 2 aromatic heterocycles. The maximum absolute atomic E-state index is 11.8. The number of hydrazine groups is 1. The van der Waals surface area contributed by atoms with Gasteiger partial charge in [0.1, 0.15) is 11.5 Å². The molecule has 0 aliphatic carbocycles. The Morgan fingerprint density at radius 2 is 1.93 bits per heavy atom. The Morgan fingerprint density at radius 3 is 2.60 bits per heavy atom. The number of hydrogen-bond acceptors (Lipinski definition) is 7. The van der Waals surface area contributed by atoms with Gasteiger partial charge in [0.25, 0.3) is 5.91 Å². The normalized spacial score (nSPS) is 11.1. The number of aromatic nitrogens is 2. The summed E-state index contributed by atoms with van der Waals surface area (Å²) in [7, 11) is 1.56. The third-order valence-electron chi connectivity index (χ3n) is 4.11. The predicted octanol–water partition coefficient (Wildman–Crippen LogP) is 3.87. The van der Waals surface area contributed by atoms with Crippen molar-refractivity contribution >= 4 is 35.6 Å². The average molecular weight is 426 g/mol. The molecule has 8 nitrogen and oxygen atoms in total. The van der Waals surface area contributed by atoms with Gasteiger partial charge in [0.15, 0.2) is 5.82 Å². The van der Waals surface area contributed by atoms with Crippen molar-refractivity contribution in [1.29, 1.82) is 0 Å². The lowest BCUT2D eigenvalue weighted by Gasteiger charge is -2.18. The Bertz CT molecular complexity index is 1040. The van der Waals surface area contributed by atoms with E-state index in [-0.39, 0.29) is 11.3 Å². The second-order valence-electron chi connectivity index (χ2n) is 7.47. The van der Waals surface area contributed by atoms with E-state index in [1.807, 2.05) is 45.0 Å². The van der Waals surface area contributed by atoms with Gasteiger partial charge in [-0.25, -0.2) is 5.01 Å². The maximum atomic E-state index is 11.8. The Hall–Kier alpha value is -3.33. The summed E-state index contributed by atoms with van der Waals surface area (Å²) in [4.78, 5) is 29.3. The van der Waals surface area contributed by atoms with Gasteiger partial charge in [-0.05, 0) is 30.3 Å². The number of hydrogen-bond donors (Lipinski definition) is 2. The summed E-state index contributed by atoms with van der Waals surface area (Å²) in [5.41, 5.74) is 3.74. The molecule has 0 bridgehead atoms. The van der Waals surface area contributed by atoms with Crippen LogP contribution < -0.4 is 15.8 Å². The van der Waals surface area contributed by atoms with Gasteiger partial charge in [-0.15, -0.1) is 0 Å². The molecule has 9 heteroatoms. The van der Waals surface area contributed by atoms with Crippen molar-refractivity contribution in [1.82, 2.24) is 15.5 Å². The predicted molar refractivity (Wildman–Crippen MR) is 116 cm³/mol. The van der Waals surface area contributed by atoms with Crippen molar-refractivity contribution in [2.75, 3.05) is 17.5 Å². The zero-order chi connectivity index (χ0) is 21.7. The number of anilines is 2. The zero-order valence-electron chi connectivity index (χ0n) is 17.2. The molecule has 0 aliphatic heterocycles. The summed E-state index contributed by atoms with van der Waals surface area (Å²) >= 11 is 1.46. The number of nitrogens with one attached hydrogen (secondary N) is 2. The number of benzene rings is 1. The van der Waals surface area contributed by atoms with Gasteiger partial charge in [0.2, 0.25) is 6.41 Å². The number of carbonyl (C=O) groups is 2. The monoisotopic (exact) mass is 425 g/mol. The summed E-state index contributed by atoms with van der Waals surface area (Å²) in [5.74, 6) is 0.906. The van der Waals surface area contributed by atoms with Crippen LogP contribution in [0.3, 0.4) is 0 Å². The molecule has 0 saturated carbocycles.